The maximum atomic E-state index is 12.6. The molecule has 0 N–H and O–H groups in total. The lowest BCUT2D eigenvalue weighted by atomic mass is 10.2. The van der Waals surface area contributed by atoms with E-state index in [1.807, 2.05) is 29.2 Å². The van der Waals surface area contributed by atoms with Crippen LogP contribution in [0.25, 0.3) is 5.69 Å². The number of halogens is 1. The average molecular weight is 435 g/mol. The number of likely N-dealkylation sites (tertiary alicyclic amines) is 1. The van der Waals surface area contributed by atoms with Gasteiger partial charge in [0.05, 0.1) is 37.3 Å². The third kappa shape index (κ3) is 5.53. The quantitative estimate of drug-likeness (QED) is 0.627. The molecule has 30 heavy (non-hydrogen) atoms. The Hall–Kier alpha value is -2.09. The van der Waals surface area contributed by atoms with Gasteiger partial charge in [-0.1, -0.05) is 0 Å². The summed E-state index contributed by atoms with van der Waals surface area (Å²) in [5, 5.41) is 4.35. The van der Waals surface area contributed by atoms with Crippen LogP contribution in [0.2, 0.25) is 0 Å². The molecule has 3 heterocycles. The number of carbonyl (C=O) groups is 1. The lowest BCUT2D eigenvalue weighted by Crippen LogP contribution is -2.40. The van der Waals surface area contributed by atoms with Crippen molar-refractivity contribution in [3.8, 4) is 11.4 Å². The van der Waals surface area contributed by atoms with Crippen molar-refractivity contribution in [2.45, 2.75) is 32.2 Å². The Morgan fingerprint density at radius 1 is 1.20 bits per heavy atom. The first-order valence-electron chi connectivity index (χ1n) is 10.6. The third-order valence-electron chi connectivity index (χ3n) is 5.78. The van der Waals surface area contributed by atoms with E-state index in [1.165, 1.54) is 19.4 Å². The molecular formula is C22H31ClN4O3. The highest BCUT2D eigenvalue weighted by molar-refractivity contribution is 5.93. The molecule has 0 aliphatic carbocycles. The molecule has 1 amide bonds. The smallest absolute Gasteiger partial charge is 0.257 e. The third-order valence-corrected chi connectivity index (χ3v) is 5.78. The summed E-state index contributed by atoms with van der Waals surface area (Å²) in [6, 6.07) is 8.56. The van der Waals surface area contributed by atoms with Gasteiger partial charge in [0, 0.05) is 31.9 Å². The van der Waals surface area contributed by atoms with Crippen LogP contribution in [0.15, 0.2) is 36.7 Å². The van der Waals surface area contributed by atoms with Crippen LogP contribution in [0.4, 0.5) is 0 Å². The summed E-state index contributed by atoms with van der Waals surface area (Å²) < 4.78 is 12.9. The molecule has 0 radical (unpaired) electrons. The van der Waals surface area contributed by atoms with Gasteiger partial charge < -0.3 is 19.3 Å². The lowest BCUT2D eigenvalue weighted by Gasteiger charge is -2.26. The van der Waals surface area contributed by atoms with E-state index in [1.54, 1.807) is 17.1 Å². The largest absolute Gasteiger partial charge is 0.494 e. The number of morpholine rings is 1. The van der Waals surface area contributed by atoms with Crippen LogP contribution in [-0.2, 0) is 4.74 Å². The first-order chi connectivity index (χ1) is 14.2. The molecule has 7 nitrogen and oxygen atoms in total. The summed E-state index contributed by atoms with van der Waals surface area (Å²) in [6.45, 7) is 7.81. The SMILES string of the molecule is CC1CCCN1CCCOc1ccc(-n2cc(C(=O)N3CCOCC3)cn2)cc1.Cl. The van der Waals surface area contributed by atoms with Gasteiger partial charge in [0.25, 0.3) is 5.91 Å². The van der Waals surface area contributed by atoms with Gasteiger partial charge in [-0.15, -0.1) is 12.4 Å². The second kappa shape index (κ2) is 10.8. The molecule has 2 saturated heterocycles. The normalized spacial score (nSPS) is 19.5. The van der Waals surface area contributed by atoms with Gasteiger partial charge in [-0.3, -0.25) is 4.79 Å². The second-order valence-corrected chi connectivity index (χ2v) is 7.80. The number of rotatable bonds is 7. The van der Waals surface area contributed by atoms with E-state index in [4.69, 9.17) is 9.47 Å². The van der Waals surface area contributed by atoms with E-state index in [2.05, 4.69) is 16.9 Å². The van der Waals surface area contributed by atoms with Crippen molar-refractivity contribution in [1.82, 2.24) is 19.6 Å². The molecule has 164 valence electrons. The Morgan fingerprint density at radius 2 is 1.97 bits per heavy atom. The van der Waals surface area contributed by atoms with Gasteiger partial charge in [0.2, 0.25) is 0 Å². The number of nitrogens with zero attached hydrogens (tertiary/aromatic N) is 4. The Bertz CT molecular complexity index is 805. The van der Waals surface area contributed by atoms with Gasteiger partial charge in [-0.25, -0.2) is 4.68 Å². The van der Waals surface area contributed by atoms with Crippen molar-refractivity contribution >= 4 is 18.3 Å². The molecule has 0 spiro atoms. The average Bonchev–Trinajstić information content (AvgIpc) is 3.41. The Kier molecular flexibility index (Phi) is 8.13. The minimum absolute atomic E-state index is 0. The number of hydrogen-bond acceptors (Lipinski definition) is 5. The van der Waals surface area contributed by atoms with Crippen molar-refractivity contribution in [2.24, 2.45) is 0 Å². The van der Waals surface area contributed by atoms with Crippen LogP contribution >= 0.6 is 12.4 Å². The van der Waals surface area contributed by atoms with Crippen molar-refractivity contribution in [3.63, 3.8) is 0 Å². The van der Waals surface area contributed by atoms with Crippen molar-refractivity contribution in [2.75, 3.05) is 46.0 Å². The van der Waals surface area contributed by atoms with Crippen LogP contribution in [0.5, 0.6) is 5.75 Å². The first kappa shape index (κ1) is 22.6. The predicted molar refractivity (Wildman–Crippen MR) is 118 cm³/mol. The molecule has 0 saturated carbocycles. The van der Waals surface area contributed by atoms with Gasteiger partial charge in [-0.05, 0) is 57.0 Å². The van der Waals surface area contributed by atoms with E-state index in [-0.39, 0.29) is 18.3 Å². The Morgan fingerprint density at radius 3 is 2.67 bits per heavy atom. The molecule has 0 bridgehead atoms. The van der Waals surface area contributed by atoms with Crippen LogP contribution in [0, 0.1) is 0 Å². The molecule has 8 heteroatoms. The summed E-state index contributed by atoms with van der Waals surface area (Å²) in [5.74, 6) is 0.867. The number of amides is 1. The van der Waals surface area contributed by atoms with E-state index >= 15 is 0 Å². The second-order valence-electron chi connectivity index (χ2n) is 7.80. The minimum Gasteiger partial charge on any atom is -0.494 e. The fraction of sp³-hybridized carbons (Fsp3) is 0.545. The number of benzene rings is 1. The maximum Gasteiger partial charge on any atom is 0.257 e. The molecule has 2 aromatic rings. The number of aromatic nitrogens is 2. The van der Waals surface area contributed by atoms with Gasteiger partial charge in [-0.2, -0.15) is 5.10 Å². The summed E-state index contributed by atoms with van der Waals surface area (Å²) in [6.07, 6.45) is 7.08. The fourth-order valence-corrected chi connectivity index (χ4v) is 4.00. The van der Waals surface area contributed by atoms with E-state index in [0.717, 1.165) is 31.0 Å². The first-order valence-corrected chi connectivity index (χ1v) is 10.6. The standard InChI is InChI=1S/C22H30N4O3.ClH/c1-18-4-2-9-24(18)10-3-13-29-21-7-5-20(6-8-21)26-17-19(16-23-26)22(27)25-11-14-28-15-12-25;/h5-8,16-18H,2-4,9-15H2,1H3;1H. The Balaban J connectivity index is 0.00000256. The number of hydrogen-bond donors (Lipinski definition) is 0. The highest BCUT2D eigenvalue weighted by Gasteiger charge is 2.20. The zero-order chi connectivity index (χ0) is 20.1. The summed E-state index contributed by atoms with van der Waals surface area (Å²) in [5.41, 5.74) is 1.51. The molecule has 2 aliphatic rings. The van der Waals surface area contributed by atoms with E-state index < -0.39 is 0 Å². The van der Waals surface area contributed by atoms with Gasteiger partial charge in [0.1, 0.15) is 5.75 Å². The van der Waals surface area contributed by atoms with Crippen LogP contribution in [0.3, 0.4) is 0 Å². The zero-order valence-electron chi connectivity index (χ0n) is 17.5. The summed E-state index contributed by atoms with van der Waals surface area (Å²) in [4.78, 5) is 16.9. The fourth-order valence-electron chi connectivity index (χ4n) is 4.00. The van der Waals surface area contributed by atoms with Gasteiger partial charge in [0.15, 0.2) is 0 Å². The molecule has 2 aliphatic heterocycles. The highest BCUT2D eigenvalue weighted by atomic mass is 35.5. The molecule has 1 unspecified atom stereocenters. The minimum atomic E-state index is 0. The van der Waals surface area contributed by atoms with E-state index in [9.17, 15) is 4.79 Å². The van der Waals surface area contributed by atoms with Crippen molar-refractivity contribution in [3.05, 3.63) is 42.2 Å². The van der Waals surface area contributed by atoms with Crippen molar-refractivity contribution < 1.29 is 14.3 Å². The maximum absolute atomic E-state index is 12.6. The molecule has 4 rings (SSSR count). The monoisotopic (exact) mass is 434 g/mol. The van der Waals surface area contributed by atoms with Gasteiger partial charge >= 0.3 is 0 Å². The molecular weight excluding hydrogens is 404 g/mol. The number of carbonyl (C=O) groups excluding carboxylic acids is 1. The number of ether oxygens (including phenoxy) is 2. The molecule has 1 aromatic heterocycles. The molecule has 1 atom stereocenters. The van der Waals surface area contributed by atoms with Crippen LogP contribution < -0.4 is 4.74 Å². The summed E-state index contributed by atoms with van der Waals surface area (Å²) in [7, 11) is 0. The van der Waals surface area contributed by atoms with Crippen LogP contribution in [-0.4, -0.2) is 77.5 Å². The Labute approximate surface area is 184 Å². The highest BCUT2D eigenvalue weighted by Crippen LogP contribution is 2.18. The molecule has 2 fully saturated rings. The van der Waals surface area contributed by atoms with Crippen molar-refractivity contribution in [1.29, 1.82) is 0 Å². The van der Waals surface area contributed by atoms with Crippen LogP contribution in [0.1, 0.15) is 36.5 Å². The lowest BCUT2D eigenvalue weighted by molar-refractivity contribution is 0.0303. The van der Waals surface area contributed by atoms with E-state index in [0.29, 0.717) is 37.9 Å². The topological polar surface area (TPSA) is 59.8 Å². The predicted octanol–water partition coefficient (Wildman–Crippen LogP) is 3.02. The molecule has 1 aromatic carbocycles. The zero-order valence-corrected chi connectivity index (χ0v) is 18.4. The summed E-state index contributed by atoms with van der Waals surface area (Å²) >= 11 is 0.